The van der Waals surface area contributed by atoms with Gasteiger partial charge in [0, 0.05) is 38.6 Å². The zero-order chi connectivity index (χ0) is 16.1. The second kappa shape index (κ2) is 7.86. The molecule has 1 aliphatic rings. The topological polar surface area (TPSA) is 52.5 Å². The molecular weight excluding hydrogens is 308 g/mol. The van der Waals surface area contributed by atoms with Crippen LogP contribution >= 0.6 is 11.3 Å². The van der Waals surface area contributed by atoms with E-state index in [0.29, 0.717) is 6.04 Å². The first-order valence-corrected chi connectivity index (χ1v) is 9.08. The summed E-state index contributed by atoms with van der Waals surface area (Å²) in [5.74, 6) is 0. The summed E-state index contributed by atoms with van der Waals surface area (Å²) in [5.41, 5.74) is 1.27. The van der Waals surface area contributed by atoms with Crippen LogP contribution in [0.5, 0.6) is 0 Å². The summed E-state index contributed by atoms with van der Waals surface area (Å²) in [6.45, 7) is 6.25. The molecule has 0 amide bonds. The van der Waals surface area contributed by atoms with Crippen molar-refractivity contribution in [3.8, 4) is 0 Å². The van der Waals surface area contributed by atoms with Gasteiger partial charge in [-0.25, -0.2) is 0 Å². The average Bonchev–Trinajstić information content (AvgIpc) is 3.06. The number of piperazine rings is 1. The van der Waals surface area contributed by atoms with Gasteiger partial charge in [0.15, 0.2) is 0 Å². The molecule has 2 heterocycles. The molecule has 124 valence electrons. The van der Waals surface area contributed by atoms with Crippen LogP contribution in [0.15, 0.2) is 30.3 Å². The van der Waals surface area contributed by atoms with Crippen LogP contribution in [0.4, 0.5) is 5.13 Å². The van der Waals surface area contributed by atoms with Crippen molar-refractivity contribution in [2.75, 3.05) is 37.7 Å². The molecule has 0 bridgehead atoms. The van der Waals surface area contributed by atoms with Crippen LogP contribution in [-0.4, -0.2) is 59.0 Å². The maximum absolute atomic E-state index is 9.43. The quantitative estimate of drug-likeness (QED) is 0.877. The zero-order valence-corrected chi connectivity index (χ0v) is 14.4. The first-order valence-electron chi connectivity index (χ1n) is 8.26. The first-order chi connectivity index (χ1) is 11.3. The largest absolute Gasteiger partial charge is 0.395 e. The number of benzene rings is 1. The second-order valence-corrected chi connectivity index (χ2v) is 6.95. The van der Waals surface area contributed by atoms with Crippen LogP contribution in [0, 0.1) is 0 Å². The Morgan fingerprint density at radius 2 is 1.87 bits per heavy atom. The van der Waals surface area contributed by atoms with Gasteiger partial charge in [0.2, 0.25) is 5.13 Å². The maximum atomic E-state index is 9.43. The van der Waals surface area contributed by atoms with E-state index in [2.05, 4.69) is 51.2 Å². The normalized spacial score (nSPS) is 17.4. The minimum Gasteiger partial charge on any atom is -0.395 e. The Morgan fingerprint density at radius 3 is 2.52 bits per heavy atom. The third-order valence-electron chi connectivity index (χ3n) is 4.44. The van der Waals surface area contributed by atoms with Gasteiger partial charge in [-0.15, -0.1) is 10.2 Å². The standard InChI is InChI=1S/C17H24N4OS/c1-2-15(13-22)20-8-10-21(11-9-20)17-19-18-16(23-17)12-14-6-4-3-5-7-14/h3-7,15,22H,2,8-13H2,1H3/t15-/m1/s1. The van der Waals surface area contributed by atoms with Crippen molar-refractivity contribution in [2.45, 2.75) is 25.8 Å². The maximum Gasteiger partial charge on any atom is 0.208 e. The summed E-state index contributed by atoms with van der Waals surface area (Å²) in [6.07, 6.45) is 1.84. The average molecular weight is 332 g/mol. The summed E-state index contributed by atoms with van der Waals surface area (Å²) in [7, 11) is 0. The number of rotatable bonds is 6. The van der Waals surface area contributed by atoms with E-state index in [1.54, 1.807) is 11.3 Å². The molecule has 1 aromatic carbocycles. The molecule has 1 fully saturated rings. The minimum atomic E-state index is 0.247. The Kier molecular flexibility index (Phi) is 5.59. The highest BCUT2D eigenvalue weighted by Crippen LogP contribution is 2.24. The Labute approximate surface area is 141 Å². The highest BCUT2D eigenvalue weighted by Gasteiger charge is 2.24. The molecule has 3 rings (SSSR count). The van der Waals surface area contributed by atoms with Crippen molar-refractivity contribution in [1.82, 2.24) is 15.1 Å². The lowest BCUT2D eigenvalue weighted by atomic mass is 10.2. The fourth-order valence-corrected chi connectivity index (χ4v) is 3.92. The van der Waals surface area contributed by atoms with E-state index in [1.807, 2.05) is 6.07 Å². The van der Waals surface area contributed by atoms with Gasteiger partial charge in [-0.3, -0.25) is 4.90 Å². The highest BCUT2D eigenvalue weighted by atomic mass is 32.1. The van der Waals surface area contributed by atoms with E-state index < -0.39 is 0 Å². The molecule has 0 spiro atoms. The number of hydrogen-bond donors (Lipinski definition) is 1. The molecule has 2 aromatic rings. The monoisotopic (exact) mass is 332 g/mol. The lowest BCUT2D eigenvalue weighted by Gasteiger charge is -2.38. The van der Waals surface area contributed by atoms with Crippen LogP contribution < -0.4 is 4.90 Å². The van der Waals surface area contributed by atoms with Crippen molar-refractivity contribution >= 4 is 16.5 Å². The van der Waals surface area contributed by atoms with Crippen LogP contribution in [0.25, 0.3) is 0 Å². The third kappa shape index (κ3) is 4.07. The summed E-state index contributed by atoms with van der Waals surface area (Å²) >= 11 is 1.69. The lowest BCUT2D eigenvalue weighted by molar-refractivity contribution is 0.114. The van der Waals surface area contributed by atoms with E-state index in [4.69, 9.17) is 0 Å². The molecule has 0 aliphatic carbocycles. The third-order valence-corrected chi connectivity index (χ3v) is 5.42. The van der Waals surface area contributed by atoms with E-state index in [-0.39, 0.29) is 6.61 Å². The molecule has 1 aromatic heterocycles. The highest BCUT2D eigenvalue weighted by molar-refractivity contribution is 7.15. The SMILES string of the molecule is CC[C@H](CO)N1CCN(c2nnc(Cc3ccccc3)s2)CC1. The smallest absolute Gasteiger partial charge is 0.208 e. The van der Waals surface area contributed by atoms with Gasteiger partial charge in [0.05, 0.1) is 6.61 Å². The summed E-state index contributed by atoms with van der Waals surface area (Å²) in [4.78, 5) is 4.69. The minimum absolute atomic E-state index is 0.247. The number of hydrogen-bond acceptors (Lipinski definition) is 6. The van der Waals surface area contributed by atoms with E-state index in [9.17, 15) is 5.11 Å². The summed E-state index contributed by atoms with van der Waals surface area (Å²) in [5, 5.41) is 20.2. The van der Waals surface area contributed by atoms with Crippen molar-refractivity contribution in [3.05, 3.63) is 40.9 Å². The Hall–Kier alpha value is -1.50. The molecule has 5 nitrogen and oxygen atoms in total. The van der Waals surface area contributed by atoms with Gasteiger partial charge in [0.1, 0.15) is 5.01 Å². The van der Waals surface area contributed by atoms with Crippen molar-refractivity contribution in [3.63, 3.8) is 0 Å². The molecule has 1 saturated heterocycles. The molecule has 0 saturated carbocycles. The van der Waals surface area contributed by atoms with E-state index >= 15 is 0 Å². The number of nitrogens with zero attached hydrogens (tertiary/aromatic N) is 4. The molecule has 23 heavy (non-hydrogen) atoms. The Morgan fingerprint density at radius 1 is 1.13 bits per heavy atom. The van der Waals surface area contributed by atoms with E-state index in [0.717, 1.165) is 49.2 Å². The van der Waals surface area contributed by atoms with Gasteiger partial charge in [0.25, 0.3) is 0 Å². The first kappa shape index (κ1) is 16.4. The number of aromatic nitrogens is 2. The number of aliphatic hydroxyl groups is 1. The van der Waals surface area contributed by atoms with Crippen LogP contribution in [-0.2, 0) is 6.42 Å². The number of aliphatic hydroxyl groups excluding tert-OH is 1. The molecule has 1 N–H and O–H groups in total. The van der Waals surface area contributed by atoms with Crippen LogP contribution in [0.1, 0.15) is 23.9 Å². The zero-order valence-electron chi connectivity index (χ0n) is 13.6. The van der Waals surface area contributed by atoms with Gasteiger partial charge in [-0.2, -0.15) is 0 Å². The Balaban J connectivity index is 1.57. The van der Waals surface area contributed by atoms with Crippen molar-refractivity contribution < 1.29 is 5.11 Å². The molecule has 0 radical (unpaired) electrons. The van der Waals surface area contributed by atoms with Crippen LogP contribution in [0.3, 0.4) is 0 Å². The van der Waals surface area contributed by atoms with Gasteiger partial charge < -0.3 is 10.0 Å². The van der Waals surface area contributed by atoms with Gasteiger partial charge in [-0.1, -0.05) is 48.6 Å². The van der Waals surface area contributed by atoms with Gasteiger partial charge in [-0.05, 0) is 12.0 Å². The predicted octanol–water partition coefficient (Wildman–Crippen LogP) is 2.02. The van der Waals surface area contributed by atoms with Crippen molar-refractivity contribution in [2.24, 2.45) is 0 Å². The fraction of sp³-hybridized carbons (Fsp3) is 0.529. The Bertz CT molecular complexity index is 592. The fourth-order valence-electron chi connectivity index (χ4n) is 3.00. The lowest BCUT2D eigenvalue weighted by Crippen LogP contribution is -2.51. The molecule has 1 atom stereocenters. The van der Waals surface area contributed by atoms with Gasteiger partial charge >= 0.3 is 0 Å². The molecular formula is C17H24N4OS. The van der Waals surface area contributed by atoms with E-state index in [1.165, 1.54) is 5.56 Å². The second-order valence-electron chi connectivity index (χ2n) is 5.91. The van der Waals surface area contributed by atoms with Crippen molar-refractivity contribution in [1.29, 1.82) is 0 Å². The summed E-state index contributed by atoms with van der Waals surface area (Å²) < 4.78 is 0. The predicted molar refractivity (Wildman–Crippen MR) is 94.1 cm³/mol. The summed E-state index contributed by atoms with van der Waals surface area (Å²) in [6, 6.07) is 10.7. The molecule has 0 unspecified atom stereocenters. The van der Waals surface area contributed by atoms with Crippen LogP contribution in [0.2, 0.25) is 0 Å². The number of anilines is 1. The molecule has 6 heteroatoms. The molecule has 1 aliphatic heterocycles.